The fourth-order valence-corrected chi connectivity index (χ4v) is 2.69. The first-order valence-electron chi connectivity index (χ1n) is 8.26. The van der Waals surface area contributed by atoms with Crippen molar-refractivity contribution >= 4 is 23.3 Å². The quantitative estimate of drug-likeness (QED) is 0.634. The Labute approximate surface area is 160 Å². The number of anilines is 1. The fraction of sp³-hybridized carbons (Fsp3) is 0.222. The molecule has 2 N–H and O–H groups in total. The van der Waals surface area contributed by atoms with Gasteiger partial charge in [-0.05, 0) is 32.0 Å². The predicted octanol–water partition coefficient (Wildman–Crippen LogP) is 2.91. The summed E-state index contributed by atoms with van der Waals surface area (Å²) in [6, 6.07) is 5.46. The average molecular weight is 389 g/mol. The van der Waals surface area contributed by atoms with Crippen LogP contribution in [0.4, 0.5) is 10.2 Å². The number of imidazole rings is 1. The van der Waals surface area contributed by atoms with E-state index >= 15 is 0 Å². The van der Waals surface area contributed by atoms with Crippen molar-refractivity contribution in [3.8, 4) is 5.82 Å². The highest BCUT2D eigenvalue weighted by atomic mass is 35.5. The Hall–Kier alpha value is -3.00. The van der Waals surface area contributed by atoms with E-state index in [0.717, 1.165) is 17.5 Å². The van der Waals surface area contributed by atoms with Crippen molar-refractivity contribution < 1.29 is 9.18 Å². The lowest BCUT2D eigenvalue weighted by Gasteiger charge is -2.10. The van der Waals surface area contributed by atoms with Crippen LogP contribution in [0, 0.1) is 19.7 Å². The molecular formula is C18H18ClFN6O. The zero-order valence-corrected chi connectivity index (χ0v) is 15.6. The zero-order chi connectivity index (χ0) is 19.4. The van der Waals surface area contributed by atoms with Crippen LogP contribution in [0.25, 0.3) is 5.82 Å². The van der Waals surface area contributed by atoms with Gasteiger partial charge in [0, 0.05) is 24.8 Å². The number of aromatic nitrogens is 4. The Morgan fingerprint density at radius 1 is 1.19 bits per heavy atom. The lowest BCUT2D eigenvalue weighted by Crippen LogP contribution is -2.29. The molecule has 0 unspecified atom stereocenters. The third kappa shape index (κ3) is 4.40. The van der Waals surface area contributed by atoms with Crippen molar-refractivity contribution in [1.82, 2.24) is 24.8 Å². The van der Waals surface area contributed by atoms with Crippen LogP contribution in [0.3, 0.4) is 0 Å². The van der Waals surface area contributed by atoms with Crippen LogP contribution in [0.1, 0.15) is 21.7 Å². The van der Waals surface area contributed by atoms with E-state index in [1.165, 1.54) is 18.5 Å². The maximum atomic E-state index is 13.0. The molecule has 2 heterocycles. The molecule has 3 aromatic rings. The number of aryl methyl sites for hydroxylation is 1. The SMILES string of the molecule is Cc1ncn(-c2cc(NCCNC(=O)c3ccc(F)cc3Cl)ncn2)c1C. The monoisotopic (exact) mass is 388 g/mol. The third-order valence-electron chi connectivity index (χ3n) is 4.04. The molecule has 0 saturated heterocycles. The van der Waals surface area contributed by atoms with Crippen molar-refractivity contribution in [1.29, 1.82) is 0 Å². The van der Waals surface area contributed by atoms with Gasteiger partial charge in [-0.25, -0.2) is 19.3 Å². The first-order chi connectivity index (χ1) is 13.0. The number of carbonyl (C=O) groups is 1. The van der Waals surface area contributed by atoms with Crippen molar-refractivity contribution in [3.63, 3.8) is 0 Å². The van der Waals surface area contributed by atoms with E-state index in [9.17, 15) is 9.18 Å². The molecule has 9 heteroatoms. The van der Waals surface area contributed by atoms with E-state index in [4.69, 9.17) is 11.6 Å². The van der Waals surface area contributed by atoms with Crippen LogP contribution in [0.2, 0.25) is 5.02 Å². The molecule has 1 aromatic carbocycles. The normalized spacial score (nSPS) is 10.7. The molecule has 0 spiro atoms. The maximum Gasteiger partial charge on any atom is 0.252 e. The molecule has 0 saturated carbocycles. The summed E-state index contributed by atoms with van der Waals surface area (Å²) in [6.07, 6.45) is 3.17. The molecule has 27 heavy (non-hydrogen) atoms. The number of nitrogens with one attached hydrogen (secondary N) is 2. The number of hydrogen-bond donors (Lipinski definition) is 2. The van der Waals surface area contributed by atoms with Crippen molar-refractivity contribution in [2.75, 3.05) is 18.4 Å². The molecule has 0 aliphatic heterocycles. The standard InChI is InChI=1S/C18H18ClFN6O/c1-11-12(2)26(10-25-11)17-8-16(23-9-24-17)21-5-6-22-18(27)14-4-3-13(20)7-15(14)19/h3-4,7-10H,5-6H2,1-2H3,(H,22,27)(H,21,23,24). The number of carbonyl (C=O) groups excluding carboxylic acids is 1. The second-order valence-electron chi connectivity index (χ2n) is 5.85. The van der Waals surface area contributed by atoms with Gasteiger partial charge in [0.2, 0.25) is 0 Å². The number of nitrogens with zero attached hydrogens (tertiary/aromatic N) is 4. The average Bonchev–Trinajstić information content (AvgIpc) is 2.98. The van der Waals surface area contributed by atoms with Gasteiger partial charge in [0.1, 0.15) is 30.1 Å². The van der Waals surface area contributed by atoms with Crippen LogP contribution in [-0.2, 0) is 0 Å². The molecule has 0 fully saturated rings. The fourth-order valence-electron chi connectivity index (χ4n) is 2.44. The second kappa shape index (κ2) is 8.13. The molecule has 0 aliphatic carbocycles. The smallest absolute Gasteiger partial charge is 0.252 e. The number of halogens is 2. The van der Waals surface area contributed by atoms with Gasteiger partial charge in [0.15, 0.2) is 0 Å². The Balaban J connectivity index is 1.56. The summed E-state index contributed by atoms with van der Waals surface area (Å²) in [7, 11) is 0. The van der Waals surface area contributed by atoms with Gasteiger partial charge in [-0.3, -0.25) is 9.36 Å². The minimum Gasteiger partial charge on any atom is -0.368 e. The van der Waals surface area contributed by atoms with Gasteiger partial charge in [-0.1, -0.05) is 11.6 Å². The molecule has 0 radical (unpaired) electrons. The third-order valence-corrected chi connectivity index (χ3v) is 4.36. The molecular weight excluding hydrogens is 371 g/mol. The van der Waals surface area contributed by atoms with E-state index in [0.29, 0.717) is 24.7 Å². The van der Waals surface area contributed by atoms with E-state index in [-0.39, 0.29) is 16.5 Å². The largest absolute Gasteiger partial charge is 0.368 e. The Morgan fingerprint density at radius 2 is 2.00 bits per heavy atom. The Bertz CT molecular complexity index is 974. The van der Waals surface area contributed by atoms with Gasteiger partial charge < -0.3 is 10.6 Å². The lowest BCUT2D eigenvalue weighted by atomic mass is 10.2. The molecule has 0 bridgehead atoms. The molecule has 2 aromatic heterocycles. The first-order valence-corrected chi connectivity index (χ1v) is 8.63. The second-order valence-corrected chi connectivity index (χ2v) is 6.26. The molecule has 0 aliphatic rings. The summed E-state index contributed by atoms with van der Waals surface area (Å²) in [6.45, 7) is 4.69. The van der Waals surface area contributed by atoms with E-state index in [1.54, 1.807) is 12.4 Å². The van der Waals surface area contributed by atoms with E-state index in [1.807, 2.05) is 18.4 Å². The molecule has 1 amide bonds. The highest BCUT2D eigenvalue weighted by Gasteiger charge is 2.10. The van der Waals surface area contributed by atoms with E-state index < -0.39 is 5.82 Å². The predicted molar refractivity (Wildman–Crippen MR) is 101 cm³/mol. The molecule has 0 atom stereocenters. The van der Waals surface area contributed by atoms with Gasteiger partial charge >= 0.3 is 0 Å². The Kier molecular flexibility index (Phi) is 5.66. The van der Waals surface area contributed by atoms with Gasteiger partial charge in [-0.2, -0.15) is 0 Å². The number of hydrogen-bond acceptors (Lipinski definition) is 5. The molecule has 7 nitrogen and oxygen atoms in total. The molecule has 140 valence electrons. The van der Waals surface area contributed by atoms with Crippen LogP contribution < -0.4 is 10.6 Å². The highest BCUT2D eigenvalue weighted by Crippen LogP contribution is 2.17. The van der Waals surface area contributed by atoms with E-state index in [2.05, 4.69) is 25.6 Å². The lowest BCUT2D eigenvalue weighted by molar-refractivity contribution is 0.0955. The zero-order valence-electron chi connectivity index (χ0n) is 14.8. The Morgan fingerprint density at radius 3 is 2.70 bits per heavy atom. The van der Waals surface area contributed by atoms with Gasteiger partial charge in [0.25, 0.3) is 5.91 Å². The van der Waals surface area contributed by atoms with Crippen molar-refractivity contribution in [2.45, 2.75) is 13.8 Å². The number of amides is 1. The van der Waals surface area contributed by atoms with Crippen LogP contribution >= 0.6 is 11.6 Å². The van der Waals surface area contributed by atoms with Crippen molar-refractivity contribution in [3.05, 3.63) is 64.7 Å². The minimum atomic E-state index is -0.485. The topological polar surface area (TPSA) is 84.7 Å². The van der Waals surface area contributed by atoms with Gasteiger partial charge in [-0.15, -0.1) is 0 Å². The summed E-state index contributed by atoms with van der Waals surface area (Å²) in [5.74, 6) is 0.475. The summed E-state index contributed by atoms with van der Waals surface area (Å²) in [4.78, 5) is 24.8. The maximum absolute atomic E-state index is 13.0. The van der Waals surface area contributed by atoms with Crippen LogP contribution in [0.15, 0.2) is 36.9 Å². The van der Waals surface area contributed by atoms with Gasteiger partial charge in [0.05, 0.1) is 16.3 Å². The molecule has 3 rings (SSSR count). The first kappa shape index (κ1) is 18.8. The summed E-state index contributed by atoms with van der Waals surface area (Å²) in [5.41, 5.74) is 2.17. The van der Waals surface area contributed by atoms with Crippen LogP contribution in [-0.4, -0.2) is 38.5 Å². The number of benzene rings is 1. The summed E-state index contributed by atoms with van der Waals surface area (Å²) >= 11 is 5.88. The van der Waals surface area contributed by atoms with Crippen LogP contribution in [0.5, 0.6) is 0 Å². The minimum absolute atomic E-state index is 0.0758. The highest BCUT2D eigenvalue weighted by molar-refractivity contribution is 6.33. The number of rotatable bonds is 6. The summed E-state index contributed by atoms with van der Waals surface area (Å²) in [5, 5.41) is 5.92. The van der Waals surface area contributed by atoms with Crippen molar-refractivity contribution in [2.24, 2.45) is 0 Å². The summed E-state index contributed by atoms with van der Waals surface area (Å²) < 4.78 is 14.9.